The standard InChI is InChI=1S/C14H23NO3/c1-3-5-6-7-8-9-10-12(11-15)13(14(16)17)18-4-2/h3-10H2,1-2H3,(H,16,17)/b13-12+. The third-order valence-electron chi connectivity index (χ3n) is 2.67. The van der Waals surface area contributed by atoms with Gasteiger partial charge in [0, 0.05) is 0 Å². The number of carboxylic acids is 1. The van der Waals surface area contributed by atoms with Gasteiger partial charge in [-0.2, -0.15) is 5.26 Å². The Hall–Kier alpha value is -1.50. The maximum Gasteiger partial charge on any atom is 0.372 e. The van der Waals surface area contributed by atoms with Crippen LogP contribution in [0.3, 0.4) is 0 Å². The quantitative estimate of drug-likeness (QED) is 0.279. The van der Waals surface area contributed by atoms with Crippen LogP contribution in [-0.4, -0.2) is 17.7 Å². The van der Waals surface area contributed by atoms with Gasteiger partial charge in [0.05, 0.1) is 18.2 Å². The molecule has 0 heterocycles. The van der Waals surface area contributed by atoms with Gasteiger partial charge in [-0.25, -0.2) is 4.79 Å². The molecule has 0 aliphatic heterocycles. The van der Waals surface area contributed by atoms with Crippen LogP contribution >= 0.6 is 0 Å². The molecule has 0 fully saturated rings. The van der Waals surface area contributed by atoms with Crippen molar-refractivity contribution in [3.05, 3.63) is 11.3 Å². The van der Waals surface area contributed by atoms with Crippen molar-refractivity contribution in [2.75, 3.05) is 6.61 Å². The van der Waals surface area contributed by atoms with Gasteiger partial charge in [0.15, 0.2) is 0 Å². The van der Waals surface area contributed by atoms with Crippen LogP contribution in [0.5, 0.6) is 0 Å². The van der Waals surface area contributed by atoms with E-state index in [4.69, 9.17) is 15.1 Å². The normalized spacial score (nSPS) is 11.6. The van der Waals surface area contributed by atoms with E-state index in [1.807, 2.05) is 6.07 Å². The SMILES string of the molecule is CCCCCCCC/C(C#N)=C(\OCC)C(=O)O. The minimum absolute atomic E-state index is 0.187. The predicted octanol–water partition coefficient (Wildman–Crippen LogP) is 3.64. The van der Waals surface area contributed by atoms with Crippen LogP contribution in [0.4, 0.5) is 0 Å². The smallest absolute Gasteiger partial charge is 0.372 e. The van der Waals surface area contributed by atoms with Crippen molar-refractivity contribution in [2.24, 2.45) is 0 Å². The highest BCUT2D eigenvalue weighted by molar-refractivity contribution is 5.86. The molecule has 0 rings (SSSR count). The molecule has 4 heteroatoms. The lowest BCUT2D eigenvalue weighted by Crippen LogP contribution is -2.08. The van der Waals surface area contributed by atoms with Gasteiger partial charge in [0.2, 0.25) is 5.76 Å². The van der Waals surface area contributed by atoms with Crippen LogP contribution in [0.15, 0.2) is 11.3 Å². The maximum absolute atomic E-state index is 10.9. The van der Waals surface area contributed by atoms with Crippen molar-refractivity contribution >= 4 is 5.97 Å². The summed E-state index contributed by atoms with van der Waals surface area (Å²) in [6, 6.07) is 1.94. The fraction of sp³-hybridized carbons (Fsp3) is 0.714. The molecule has 1 N–H and O–H groups in total. The fourth-order valence-electron chi connectivity index (χ4n) is 1.72. The number of aliphatic carboxylic acids is 1. The number of hydrogen-bond donors (Lipinski definition) is 1. The Bertz CT molecular complexity index is 315. The summed E-state index contributed by atoms with van der Waals surface area (Å²) in [7, 11) is 0. The van der Waals surface area contributed by atoms with E-state index in [2.05, 4.69) is 6.92 Å². The predicted molar refractivity (Wildman–Crippen MR) is 69.9 cm³/mol. The third-order valence-corrected chi connectivity index (χ3v) is 2.67. The highest BCUT2D eigenvalue weighted by Gasteiger charge is 2.15. The molecule has 0 aliphatic rings. The molecule has 18 heavy (non-hydrogen) atoms. The van der Waals surface area contributed by atoms with E-state index in [0.29, 0.717) is 6.42 Å². The van der Waals surface area contributed by atoms with Gasteiger partial charge in [-0.15, -0.1) is 0 Å². The van der Waals surface area contributed by atoms with E-state index >= 15 is 0 Å². The number of unbranched alkanes of at least 4 members (excludes halogenated alkanes) is 5. The molecule has 0 radical (unpaired) electrons. The maximum atomic E-state index is 10.9. The van der Waals surface area contributed by atoms with Gasteiger partial charge in [-0.05, 0) is 19.8 Å². The Morgan fingerprint density at radius 3 is 2.28 bits per heavy atom. The van der Waals surface area contributed by atoms with Gasteiger partial charge in [-0.3, -0.25) is 0 Å². The molecule has 0 aliphatic carbocycles. The number of carboxylic acid groups (broad SMARTS) is 1. The van der Waals surface area contributed by atoms with E-state index in [0.717, 1.165) is 19.3 Å². The summed E-state index contributed by atoms with van der Waals surface area (Å²) in [5.41, 5.74) is 0.250. The fourth-order valence-corrected chi connectivity index (χ4v) is 1.72. The van der Waals surface area contributed by atoms with Crippen molar-refractivity contribution in [1.29, 1.82) is 5.26 Å². The molecule has 0 atom stereocenters. The molecule has 102 valence electrons. The molecule has 0 saturated heterocycles. The second-order valence-corrected chi connectivity index (χ2v) is 4.18. The van der Waals surface area contributed by atoms with Gasteiger partial charge in [0.1, 0.15) is 0 Å². The first kappa shape index (κ1) is 16.5. The number of nitrogens with zero attached hydrogens (tertiary/aromatic N) is 1. The van der Waals surface area contributed by atoms with Crippen LogP contribution < -0.4 is 0 Å². The number of nitriles is 1. The molecule has 4 nitrogen and oxygen atoms in total. The molecule has 0 unspecified atom stereocenters. The van der Waals surface area contributed by atoms with Gasteiger partial charge < -0.3 is 9.84 Å². The summed E-state index contributed by atoms with van der Waals surface area (Å²) >= 11 is 0. The molecular formula is C14H23NO3. The first-order chi connectivity index (χ1) is 8.67. The third kappa shape index (κ3) is 6.95. The molecule has 0 aromatic heterocycles. The van der Waals surface area contributed by atoms with Crippen molar-refractivity contribution in [3.63, 3.8) is 0 Å². The minimum atomic E-state index is -1.15. The molecule has 0 saturated carbocycles. The van der Waals surface area contributed by atoms with E-state index in [1.165, 1.54) is 19.3 Å². The van der Waals surface area contributed by atoms with E-state index in [9.17, 15) is 4.79 Å². The van der Waals surface area contributed by atoms with Crippen LogP contribution in [0.25, 0.3) is 0 Å². The number of allylic oxidation sites excluding steroid dienone is 1. The molecular weight excluding hydrogens is 230 g/mol. The lowest BCUT2D eigenvalue weighted by atomic mass is 10.0. The summed E-state index contributed by atoms with van der Waals surface area (Å²) in [4.78, 5) is 10.9. The zero-order valence-corrected chi connectivity index (χ0v) is 11.4. The van der Waals surface area contributed by atoms with Crippen LogP contribution in [-0.2, 0) is 9.53 Å². The highest BCUT2D eigenvalue weighted by Crippen LogP contribution is 2.15. The Balaban J connectivity index is 4.19. The van der Waals surface area contributed by atoms with E-state index in [-0.39, 0.29) is 17.9 Å². The average Bonchev–Trinajstić information content (AvgIpc) is 2.36. The highest BCUT2D eigenvalue weighted by atomic mass is 16.5. The monoisotopic (exact) mass is 253 g/mol. The summed E-state index contributed by atoms with van der Waals surface area (Å²) in [5.74, 6) is -1.34. The van der Waals surface area contributed by atoms with Crippen molar-refractivity contribution in [2.45, 2.75) is 58.8 Å². The Morgan fingerprint density at radius 2 is 1.78 bits per heavy atom. The molecule has 0 bridgehead atoms. The first-order valence-electron chi connectivity index (χ1n) is 6.66. The number of ether oxygens (including phenoxy) is 1. The van der Waals surface area contributed by atoms with Crippen LogP contribution in [0.1, 0.15) is 58.8 Å². The zero-order valence-electron chi connectivity index (χ0n) is 11.4. The lowest BCUT2D eigenvalue weighted by Gasteiger charge is -2.07. The molecule has 0 aromatic rings. The average molecular weight is 253 g/mol. The minimum Gasteiger partial charge on any atom is -0.486 e. The van der Waals surface area contributed by atoms with Gasteiger partial charge in [-0.1, -0.05) is 39.0 Å². The molecule has 0 aromatic carbocycles. The summed E-state index contributed by atoms with van der Waals surface area (Å²) in [6.45, 7) is 4.14. The Labute approximate surface area is 109 Å². The van der Waals surface area contributed by atoms with Gasteiger partial charge >= 0.3 is 5.97 Å². The Kier molecular flexibility index (Phi) is 9.75. The molecule has 0 amide bonds. The van der Waals surface area contributed by atoms with Crippen LogP contribution in [0, 0.1) is 11.3 Å². The van der Waals surface area contributed by atoms with E-state index < -0.39 is 5.97 Å². The molecule has 0 spiro atoms. The number of rotatable bonds is 10. The van der Waals surface area contributed by atoms with Gasteiger partial charge in [0.25, 0.3) is 0 Å². The van der Waals surface area contributed by atoms with Crippen molar-refractivity contribution in [1.82, 2.24) is 0 Å². The zero-order chi connectivity index (χ0) is 13.8. The summed E-state index contributed by atoms with van der Waals surface area (Å²) in [5, 5.41) is 17.9. The lowest BCUT2D eigenvalue weighted by molar-refractivity contribution is -0.136. The second-order valence-electron chi connectivity index (χ2n) is 4.18. The summed E-state index contributed by atoms with van der Waals surface area (Å²) in [6.07, 6.45) is 7.16. The largest absolute Gasteiger partial charge is 0.486 e. The first-order valence-corrected chi connectivity index (χ1v) is 6.66. The Morgan fingerprint density at radius 1 is 1.17 bits per heavy atom. The van der Waals surface area contributed by atoms with E-state index in [1.54, 1.807) is 6.92 Å². The van der Waals surface area contributed by atoms with Crippen molar-refractivity contribution in [3.8, 4) is 6.07 Å². The topological polar surface area (TPSA) is 70.3 Å². The number of hydrogen-bond acceptors (Lipinski definition) is 3. The van der Waals surface area contributed by atoms with Crippen molar-refractivity contribution < 1.29 is 14.6 Å². The van der Waals surface area contributed by atoms with Crippen LogP contribution in [0.2, 0.25) is 0 Å². The number of carbonyl (C=O) groups is 1. The summed E-state index contributed by atoms with van der Waals surface area (Å²) < 4.78 is 5.01. The second kappa shape index (κ2) is 10.6.